The molecule has 0 bridgehead atoms. The van der Waals surface area contributed by atoms with Crippen LogP contribution in [-0.4, -0.2) is 4.98 Å². The third-order valence-electron chi connectivity index (χ3n) is 2.41. The molecule has 1 atom stereocenters. The molecule has 1 unspecified atom stereocenters. The van der Waals surface area contributed by atoms with Gasteiger partial charge in [0.1, 0.15) is 0 Å². The van der Waals surface area contributed by atoms with E-state index >= 15 is 0 Å². The molecule has 0 amide bonds. The highest BCUT2D eigenvalue weighted by Crippen LogP contribution is 2.29. The number of nitrogens with two attached hydrogens (primary N) is 1. The molecule has 0 spiro atoms. The minimum Gasteiger partial charge on any atom is -0.324 e. The molecule has 0 saturated heterocycles. The summed E-state index contributed by atoms with van der Waals surface area (Å²) in [5.41, 5.74) is 9.84. The Labute approximate surface area is 66.4 Å². The smallest absolute Gasteiger partial charge is 0.0318 e. The van der Waals surface area contributed by atoms with E-state index in [2.05, 4.69) is 11.9 Å². The number of pyridine rings is 1. The molecule has 11 heavy (non-hydrogen) atoms. The van der Waals surface area contributed by atoms with Crippen molar-refractivity contribution < 1.29 is 0 Å². The summed E-state index contributed by atoms with van der Waals surface area (Å²) < 4.78 is 0. The van der Waals surface area contributed by atoms with Gasteiger partial charge in [-0.05, 0) is 36.5 Å². The molecule has 2 heteroatoms. The Bertz CT molecular complexity index is 281. The van der Waals surface area contributed by atoms with Gasteiger partial charge in [0.25, 0.3) is 0 Å². The van der Waals surface area contributed by atoms with Crippen LogP contribution >= 0.6 is 0 Å². The number of hydrogen-bond acceptors (Lipinski definition) is 2. The number of nitrogens with zero attached hydrogens (tertiary/aromatic N) is 1. The first-order valence-electron chi connectivity index (χ1n) is 3.98. The highest BCUT2D eigenvalue weighted by Gasteiger charge is 2.19. The molecule has 0 aliphatic heterocycles. The Hall–Kier alpha value is -0.890. The van der Waals surface area contributed by atoms with Gasteiger partial charge in [-0.1, -0.05) is 0 Å². The molecule has 58 valence electrons. The highest BCUT2D eigenvalue weighted by molar-refractivity contribution is 5.36. The molecule has 1 aliphatic rings. The van der Waals surface area contributed by atoms with Gasteiger partial charge in [-0.15, -0.1) is 0 Å². The molecule has 0 saturated carbocycles. The molecule has 0 aromatic carbocycles. The van der Waals surface area contributed by atoms with E-state index in [9.17, 15) is 0 Å². The second-order valence-electron chi connectivity index (χ2n) is 3.17. The van der Waals surface area contributed by atoms with Gasteiger partial charge in [0.2, 0.25) is 0 Å². The first kappa shape index (κ1) is 6.80. The van der Waals surface area contributed by atoms with Crippen LogP contribution in [0.25, 0.3) is 0 Å². The average Bonchev–Trinajstić information content (AvgIpc) is 2.35. The zero-order chi connectivity index (χ0) is 7.84. The van der Waals surface area contributed by atoms with E-state index in [1.165, 1.54) is 16.7 Å². The topological polar surface area (TPSA) is 38.9 Å². The van der Waals surface area contributed by atoms with Crippen LogP contribution in [0, 0.1) is 6.92 Å². The standard InChI is InChI=1S/C9H12N2/c1-6-4-11-5-8-7(6)2-3-9(8)10/h4-5,9H,2-3,10H2,1H3. The number of aryl methyl sites for hydroxylation is 1. The van der Waals surface area contributed by atoms with Crippen LogP contribution in [0.2, 0.25) is 0 Å². The van der Waals surface area contributed by atoms with Crippen molar-refractivity contribution in [2.24, 2.45) is 5.73 Å². The Morgan fingerprint density at radius 1 is 1.55 bits per heavy atom. The van der Waals surface area contributed by atoms with Gasteiger partial charge in [0.05, 0.1) is 0 Å². The maximum absolute atomic E-state index is 5.88. The van der Waals surface area contributed by atoms with Crippen LogP contribution in [-0.2, 0) is 6.42 Å². The van der Waals surface area contributed by atoms with Crippen LogP contribution in [0.15, 0.2) is 12.4 Å². The molecule has 2 rings (SSSR count). The van der Waals surface area contributed by atoms with Gasteiger partial charge in [-0.2, -0.15) is 0 Å². The fourth-order valence-electron chi connectivity index (χ4n) is 1.73. The van der Waals surface area contributed by atoms with Crippen molar-refractivity contribution in [1.82, 2.24) is 4.98 Å². The lowest BCUT2D eigenvalue weighted by Crippen LogP contribution is -2.05. The van der Waals surface area contributed by atoms with Gasteiger partial charge in [-0.25, -0.2) is 0 Å². The minimum absolute atomic E-state index is 0.234. The predicted octanol–water partition coefficient (Wildman–Crippen LogP) is 1.34. The summed E-state index contributed by atoms with van der Waals surface area (Å²) in [5, 5.41) is 0. The molecule has 2 N–H and O–H groups in total. The van der Waals surface area contributed by atoms with Gasteiger partial charge < -0.3 is 5.73 Å². The average molecular weight is 148 g/mol. The zero-order valence-corrected chi connectivity index (χ0v) is 6.67. The second kappa shape index (κ2) is 2.31. The number of rotatable bonds is 0. The molecule has 1 heterocycles. The van der Waals surface area contributed by atoms with Gasteiger partial charge in [0.15, 0.2) is 0 Å². The van der Waals surface area contributed by atoms with Gasteiger partial charge in [-0.3, -0.25) is 4.98 Å². The zero-order valence-electron chi connectivity index (χ0n) is 6.67. The van der Waals surface area contributed by atoms with E-state index in [0.29, 0.717) is 0 Å². The molecule has 0 radical (unpaired) electrons. The summed E-state index contributed by atoms with van der Waals surface area (Å²) in [4.78, 5) is 4.13. The molecule has 1 aromatic heterocycles. The first-order valence-corrected chi connectivity index (χ1v) is 3.98. The van der Waals surface area contributed by atoms with E-state index in [1.54, 1.807) is 0 Å². The Morgan fingerprint density at radius 2 is 2.36 bits per heavy atom. The summed E-state index contributed by atoms with van der Waals surface area (Å²) in [7, 11) is 0. The molecule has 2 nitrogen and oxygen atoms in total. The summed E-state index contributed by atoms with van der Waals surface area (Å²) >= 11 is 0. The van der Waals surface area contributed by atoms with Crippen molar-refractivity contribution in [3.8, 4) is 0 Å². The second-order valence-corrected chi connectivity index (χ2v) is 3.17. The number of fused-ring (bicyclic) bond motifs is 1. The highest BCUT2D eigenvalue weighted by atomic mass is 14.7. The third kappa shape index (κ3) is 0.942. The van der Waals surface area contributed by atoms with Crippen LogP contribution < -0.4 is 5.73 Å². The van der Waals surface area contributed by atoms with E-state index in [-0.39, 0.29) is 6.04 Å². The lowest BCUT2D eigenvalue weighted by Gasteiger charge is -2.04. The van der Waals surface area contributed by atoms with Crippen molar-refractivity contribution in [1.29, 1.82) is 0 Å². The van der Waals surface area contributed by atoms with Crippen molar-refractivity contribution in [3.63, 3.8) is 0 Å². The SMILES string of the molecule is Cc1cncc2c1CCC2N. The van der Waals surface area contributed by atoms with E-state index in [4.69, 9.17) is 5.73 Å². The summed E-state index contributed by atoms with van der Waals surface area (Å²) in [6, 6.07) is 0.234. The lowest BCUT2D eigenvalue weighted by atomic mass is 10.1. The maximum Gasteiger partial charge on any atom is 0.0318 e. The van der Waals surface area contributed by atoms with Crippen LogP contribution in [0.5, 0.6) is 0 Å². The third-order valence-corrected chi connectivity index (χ3v) is 2.41. The molecule has 1 aromatic rings. The lowest BCUT2D eigenvalue weighted by molar-refractivity contribution is 0.712. The van der Waals surface area contributed by atoms with Crippen molar-refractivity contribution in [2.75, 3.05) is 0 Å². The van der Waals surface area contributed by atoms with E-state index in [0.717, 1.165) is 12.8 Å². The Morgan fingerprint density at radius 3 is 3.09 bits per heavy atom. The summed E-state index contributed by atoms with van der Waals surface area (Å²) in [6.45, 7) is 2.10. The van der Waals surface area contributed by atoms with E-state index < -0.39 is 0 Å². The number of aromatic nitrogens is 1. The maximum atomic E-state index is 5.88. The molecule has 0 fully saturated rings. The van der Waals surface area contributed by atoms with Crippen LogP contribution in [0.1, 0.15) is 29.2 Å². The van der Waals surface area contributed by atoms with Gasteiger partial charge in [0, 0.05) is 18.4 Å². The first-order chi connectivity index (χ1) is 5.29. The fraction of sp³-hybridized carbons (Fsp3) is 0.444. The minimum atomic E-state index is 0.234. The number of hydrogen-bond donors (Lipinski definition) is 1. The fourth-order valence-corrected chi connectivity index (χ4v) is 1.73. The normalized spacial score (nSPS) is 21.8. The van der Waals surface area contributed by atoms with Gasteiger partial charge >= 0.3 is 0 Å². The van der Waals surface area contributed by atoms with Crippen molar-refractivity contribution >= 4 is 0 Å². The largest absolute Gasteiger partial charge is 0.324 e. The van der Waals surface area contributed by atoms with Crippen LogP contribution in [0.4, 0.5) is 0 Å². The molecule has 1 aliphatic carbocycles. The van der Waals surface area contributed by atoms with Crippen molar-refractivity contribution in [3.05, 3.63) is 29.1 Å². The monoisotopic (exact) mass is 148 g/mol. The molecular weight excluding hydrogens is 136 g/mol. The van der Waals surface area contributed by atoms with E-state index in [1.807, 2.05) is 12.4 Å². The quantitative estimate of drug-likeness (QED) is 0.603. The summed E-state index contributed by atoms with van der Waals surface area (Å²) in [5.74, 6) is 0. The molecular formula is C9H12N2. The Balaban J connectivity index is 2.57. The Kier molecular flexibility index (Phi) is 1.43. The summed E-state index contributed by atoms with van der Waals surface area (Å²) in [6.07, 6.45) is 6.03. The van der Waals surface area contributed by atoms with Crippen LogP contribution in [0.3, 0.4) is 0 Å². The predicted molar refractivity (Wildman–Crippen MR) is 44.2 cm³/mol. The van der Waals surface area contributed by atoms with Crippen molar-refractivity contribution in [2.45, 2.75) is 25.8 Å².